The van der Waals surface area contributed by atoms with Crippen LogP contribution in [0.25, 0.3) is 11.4 Å². The summed E-state index contributed by atoms with van der Waals surface area (Å²) >= 11 is 0. The van der Waals surface area contributed by atoms with Crippen molar-refractivity contribution in [3.05, 3.63) is 69.9 Å². The predicted molar refractivity (Wildman–Crippen MR) is 111 cm³/mol. The second-order valence-corrected chi connectivity index (χ2v) is 7.09. The van der Waals surface area contributed by atoms with E-state index < -0.39 is 0 Å². The van der Waals surface area contributed by atoms with Gasteiger partial charge in [-0.15, -0.1) is 0 Å². The lowest BCUT2D eigenvalue weighted by molar-refractivity contribution is 0.196. The Bertz CT molecular complexity index is 1070. The Morgan fingerprint density at radius 2 is 2.03 bits per heavy atom. The molecule has 1 aromatic carbocycles. The Balaban J connectivity index is 1.50. The zero-order valence-electron chi connectivity index (χ0n) is 16.8. The lowest BCUT2D eigenvalue weighted by Gasteiger charge is -2.28. The summed E-state index contributed by atoms with van der Waals surface area (Å²) in [5, 5.41) is 8.94. The van der Waals surface area contributed by atoms with Gasteiger partial charge in [0.15, 0.2) is 11.5 Å². The van der Waals surface area contributed by atoms with Gasteiger partial charge >= 0.3 is 0 Å². The highest BCUT2D eigenvalue weighted by molar-refractivity contribution is 5.54. The SMILES string of the molecule is COc1cc(CN2CCc3nc(-c4ccncc4)[nH]c(=O)c3C2)ccc1OCCO. The lowest BCUT2D eigenvalue weighted by atomic mass is 10.1. The predicted octanol–water partition coefficient (Wildman–Crippen LogP) is 1.77. The van der Waals surface area contributed by atoms with Crippen LogP contribution in [0, 0.1) is 0 Å². The summed E-state index contributed by atoms with van der Waals surface area (Å²) in [6, 6.07) is 9.41. The molecule has 1 aliphatic rings. The van der Waals surface area contributed by atoms with Crippen LogP contribution in [0.3, 0.4) is 0 Å². The molecular formula is C22H24N4O4. The minimum Gasteiger partial charge on any atom is -0.493 e. The number of ether oxygens (including phenoxy) is 2. The summed E-state index contributed by atoms with van der Waals surface area (Å²) in [4.78, 5) is 26.5. The van der Waals surface area contributed by atoms with Crippen LogP contribution < -0.4 is 15.0 Å². The van der Waals surface area contributed by atoms with Gasteiger partial charge in [-0.1, -0.05) is 6.07 Å². The number of benzene rings is 1. The number of aromatic nitrogens is 3. The number of H-pyrrole nitrogens is 1. The first kappa shape index (κ1) is 20.1. The van der Waals surface area contributed by atoms with Gasteiger partial charge in [0, 0.05) is 44.0 Å². The van der Waals surface area contributed by atoms with Gasteiger partial charge in [0.2, 0.25) is 0 Å². The largest absolute Gasteiger partial charge is 0.493 e. The van der Waals surface area contributed by atoms with Crippen LogP contribution in [-0.2, 0) is 19.5 Å². The van der Waals surface area contributed by atoms with E-state index in [0.29, 0.717) is 42.4 Å². The topological polar surface area (TPSA) is 101 Å². The minimum atomic E-state index is -0.0955. The second-order valence-electron chi connectivity index (χ2n) is 7.09. The third-order valence-corrected chi connectivity index (χ3v) is 5.08. The summed E-state index contributed by atoms with van der Waals surface area (Å²) in [6.07, 6.45) is 4.09. The zero-order valence-corrected chi connectivity index (χ0v) is 16.8. The maximum atomic E-state index is 12.7. The Kier molecular flexibility index (Phi) is 6.06. The molecule has 2 N–H and O–H groups in total. The van der Waals surface area contributed by atoms with Crippen molar-refractivity contribution in [3.63, 3.8) is 0 Å². The third-order valence-electron chi connectivity index (χ3n) is 5.08. The zero-order chi connectivity index (χ0) is 20.9. The van der Waals surface area contributed by atoms with Crippen molar-refractivity contribution in [2.45, 2.75) is 19.5 Å². The first-order valence-electron chi connectivity index (χ1n) is 9.83. The molecule has 0 fully saturated rings. The van der Waals surface area contributed by atoms with Gasteiger partial charge in [0.05, 0.1) is 25.0 Å². The van der Waals surface area contributed by atoms with E-state index in [9.17, 15) is 4.79 Å². The monoisotopic (exact) mass is 408 g/mol. The van der Waals surface area contributed by atoms with Gasteiger partial charge in [-0.3, -0.25) is 14.7 Å². The van der Waals surface area contributed by atoms with Gasteiger partial charge in [0.25, 0.3) is 5.56 Å². The van der Waals surface area contributed by atoms with Crippen molar-refractivity contribution < 1.29 is 14.6 Å². The van der Waals surface area contributed by atoms with E-state index in [1.807, 2.05) is 30.3 Å². The maximum absolute atomic E-state index is 12.7. The van der Waals surface area contributed by atoms with E-state index in [4.69, 9.17) is 14.6 Å². The van der Waals surface area contributed by atoms with Crippen LogP contribution in [0.2, 0.25) is 0 Å². The number of pyridine rings is 1. The summed E-state index contributed by atoms with van der Waals surface area (Å²) < 4.78 is 10.9. The molecule has 0 unspecified atom stereocenters. The number of methoxy groups -OCH3 is 1. The fourth-order valence-electron chi connectivity index (χ4n) is 3.61. The van der Waals surface area contributed by atoms with Crippen molar-refractivity contribution >= 4 is 0 Å². The van der Waals surface area contributed by atoms with Crippen molar-refractivity contribution in [1.29, 1.82) is 0 Å². The molecule has 3 aromatic rings. The van der Waals surface area contributed by atoms with Gasteiger partial charge in [0.1, 0.15) is 12.4 Å². The second kappa shape index (κ2) is 9.06. The van der Waals surface area contributed by atoms with Crippen molar-refractivity contribution in [1.82, 2.24) is 19.9 Å². The fraction of sp³-hybridized carbons (Fsp3) is 0.318. The van der Waals surface area contributed by atoms with Gasteiger partial charge < -0.3 is 19.6 Å². The molecule has 156 valence electrons. The smallest absolute Gasteiger partial charge is 0.255 e. The quantitative estimate of drug-likeness (QED) is 0.614. The Morgan fingerprint density at radius 3 is 2.80 bits per heavy atom. The summed E-state index contributed by atoms with van der Waals surface area (Å²) in [5.41, 5.74) is 3.38. The van der Waals surface area contributed by atoms with Crippen LogP contribution >= 0.6 is 0 Å². The van der Waals surface area contributed by atoms with Crippen LogP contribution in [0.15, 0.2) is 47.5 Å². The number of hydrogen-bond donors (Lipinski definition) is 2. The van der Waals surface area contributed by atoms with Gasteiger partial charge in [-0.2, -0.15) is 0 Å². The number of rotatable bonds is 7. The molecule has 0 saturated carbocycles. The number of aromatic amines is 1. The average Bonchev–Trinajstić information content (AvgIpc) is 2.79. The number of aliphatic hydroxyl groups is 1. The third kappa shape index (κ3) is 4.34. The average molecular weight is 408 g/mol. The molecule has 0 amide bonds. The molecule has 1 aliphatic heterocycles. The number of aliphatic hydroxyl groups excluding tert-OH is 1. The molecule has 8 heteroatoms. The lowest BCUT2D eigenvalue weighted by Crippen LogP contribution is -2.35. The van der Waals surface area contributed by atoms with Gasteiger partial charge in [-0.05, 0) is 29.8 Å². The number of nitrogens with one attached hydrogen (secondary N) is 1. The minimum absolute atomic E-state index is 0.0520. The first-order valence-corrected chi connectivity index (χ1v) is 9.83. The van der Waals surface area contributed by atoms with Crippen molar-refractivity contribution in [3.8, 4) is 22.9 Å². The molecule has 8 nitrogen and oxygen atoms in total. The molecule has 30 heavy (non-hydrogen) atoms. The number of fused-ring (bicyclic) bond motifs is 1. The van der Waals surface area contributed by atoms with Crippen LogP contribution in [0.5, 0.6) is 11.5 Å². The number of hydrogen-bond acceptors (Lipinski definition) is 7. The summed E-state index contributed by atoms with van der Waals surface area (Å²) in [5.74, 6) is 1.81. The highest BCUT2D eigenvalue weighted by Gasteiger charge is 2.22. The summed E-state index contributed by atoms with van der Waals surface area (Å²) in [7, 11) is 1.59. The summed E-state index contributed by atoms with van der Waals surface area (Å²) in [6.45, 7) is 2.20. The molecule has 2 aromatic heterocycles. The molecule has 0 saturated heterocycles. The van der Waals surface area contributed by atoms with Crippen LogP contribution in [0.4, 0.5) is 0 Å². The van der Waals surface area contributed by atoms with Gasteiger partial charge in [-0.25, -0.2) is 4.98 Å². The number of nitrogens with zero attached hydrogens (tertiary/aromatic N) is 3. The normalized spacial score (nSPS) is 13.7. The molecule has 0 aliphatic carbocycles. The Hall–Kier alpha value is -3.23. The van der Waals surface area contributed by atoms with E-state index in [2.05, 4.69) is 19.9 Å². The molecule has 0 bridgehead atoms. The first-order chi connectivity index (χ1) is 14.7. The Labute approximate surface area is 174 Å². The van der Waals surface area contributed by atoms with Crippen LogP contribution in [-0.4, -0.2) is 51.8 Å². The van der Waals surface area contributed by atoms with E-state index in [-0.39, 0.29) is 18.8 Å². The standard InChI is InChI=1S/C22H24N4O4/c1-29-20-12-15(2-3-19(20)30-11-10-27)13-26-9-6-18-17(14-26)22(28)25-21(24-18)16-4-7-23-8-5-16/h2-5,7-8,12,27H,6,9-11,13-14H2,1H3,(H,24,25,28). The Morgan fingerprint density at radius 1 is 1.20 bits per heavy atom. The van der Waals surface area contributed by atoms with E-state index >= 15 is 0 Å². The van der Waals surface area contributed by atoms with Crippen LogP contribution in [0.1, 0.15) is 16.8 Å². The highest BCUT2D eigenvalue weighted by atomic mass is 16.5. The molecule has 0 radical (unpaired) electrons. The maximum Gasteiger partial charge on any atom is 0.255 e. The molecule has 3 heterocycles. The molecular weight excluding hydrogens is 384 g/mol. The molecule has 0 atom stereocenters. The fourth-order valence-corrected chi connectivity index (χ4v) is 3.61. The van der Waals surface area contributed by atoms with Crippen molar-refractivity contribution in [2.75, 3.05) is 26.9 Å². The van der Waals surface area contributed by atoms with E-state index in [1.165, 1.54) is 0 Å². The molecule has 0 spiro atoms. The highest BCUT2D eigenvalue weighted by Crippen LogP contribution is 2.29. The molecule has 4 rings (SSSR count). The van der Waals surface area contributed by atoms with E-state index in [0.717, 1.165) is 23.4 Å². The van der Waals surface area contributed by atoms with Crippen molar-refractivity contribution in [2.24, 2.45) is 0 Å². The van der Waals surface area contributed by atoms with E-state index in [1.54, 1.807) is 19.5 Å².